The van der Waals surface area contributed by atoms with Crippen molar-refractivity contribution in [2.45, 2.75) is 13.0 Å². The standard InChI is InChI=1S/C18H15ClF3N3OS/c1-27(2)25(14-7-5-13(19)6-8-14)10-12-4-3-11(9-15(12)20)17-23-24-18(26-17)16(21)22/h3-9,16H,1,10H2,2H3. The summed E-state index contributed by atoms with van der Waals surface area (Å²) in [5.41, 5.74) is 1.52. The molecule has 0 aliphatic rings. The number of aromatic nitrogens is 2. The van der Waals surface area contributed by atoms with Gasteiger partial charge in [-0.05, 0) is 42.7 Å². The smallest absolute Gasteiger partial charge is 0.314 e. The van der Waals surface area contributed by atoms with Gasteiger partial charge < -0.3 is 8.72 Å². The Morgan fingerprint density at radius 2 is 1.89 bits per heavy atom. The number of nitrogens with zero attached hydrogens (tertiary/aromatic N) is 3. The molecule has 9 heteroatoms. The molecule has 0 aliphatic carbocycles. The summed E-state index contributed by atoms with van der Waals surface area (Å²) in [4.78, 5) is 0. The van der Waals surface area contributed by atoms with Crippen molar-refractivity contribution in [2.75, 3.05) is 10.6 Å². The number of hydrogen-bond acceptors (Lipinski definition) is 4. The highest BCUT2D eigenvalue weighted by Crippen LogP contribution is 2.30. The summed E-state index contributed by atoms with van der Waals surface area (Å²) in [5, 5.41) is 7.38. The van der Waals surface area contributed by atoms with E-state index in [0.717, 1.165) is 5.69 Å². The van der Waals surface area contributed by atoms with Crippen molar-refractivity contribution < 1.29 is 17.6 Å². The molecule has 0 aliphatic heterocycles. The molecule has 0 spiro atoms. The lowest BCUT2D eigenvalue weighted by Crippen LogP contribution is -2.16. The maximum absolute atomic E-state index is 14.6. The quantitative estimate of drug-likeness (QED) is 0.485. The van der Waals surface area contributed by atoms with Gasteiger partial charge in [-0.15, -0.1) is 20.9 Å². The molecule has 27 heavy (non-hydrogen) atoms. The van der Waals surface area contributed by atoms with Gasteiger partial charge in [-0.1, -0.05) is 23.5 Å². The van der Waals surface area contributed by atoms with E-state index < -0.39 is 28.8 Å². The topological polar surface area (TPSA) is 42.2 Å². The van der Waals surface area contributed by atoms with Crippen molar-refractivity contribution >= 4 is 33.8 Å². The fourth-order valence-corrected chi connectivity index (χ4v) is 3.36. The lowest BCUT2D eigenvalue weighted by atomic mass is 10.1. The van der Waals surface area contributed by atoms with Gasteiger partial charge in [0.1, 0.15) is 5.82 Å². The van der Waals surface area contributed by atoms with E-state index in [1.807, 2.05) is 22.7 Å². The Morgan fingerprint density at radius 1 is 1.19 bits per heavy atom. The second kappa shape index (κ2) is 8.14. The predicted molar refractivity (Wildman–Crippen MR) is 103 cm³/mol. The summed E-state index contributed by atoms with van der Waals surface area (Å²) in [6.07, 6.45) is -0.951. The number of rotatable bonds is 6. The Kier molecular flexibility index (Phi) is 5.86. The van der Waals surface area contributed by atoms with Crippen molar-refractivity contribution in [2.24, 2.45) is 0 Å². The summed E-state index contributed by atoms with van der Waals surface area (Å²) in [6.45, 7) is 0.281. The zero-order valence-electron chi connectivity index (χ0n) is 14.2. The van der Waals surface area contributed by atoms with E-state index in [1.165, 1.54) is 6.07 Å². The van der Waals surface area contributed by atoms with Gasteiger partial charge in [-0.25, -0.2) is 4.39 Å². The van der Waals surface area contributed by atoms with Crippen molar-refractivity contribution in [3.05, 3.63) is 64.8 Å². The Hall–Kier alpha value is -2.32. The summed E-state index contributed by atoms with van der Waals surface area (Å²) < 4.78 is 46.5. The highest BCUT2D eigenvalue weighted by molar-refractivity contribution is 8.14. The van der Waals surface area contributed by atoms with Gasteiger partial charge >= 0.3 is 6.43 Å². The molecule has 0 fully saturated rings. The molecule has 0 N–H and O–H groups in total. The molecular formula is C18H15ClF3N3OS. The van der Waals surface area contributed by atoms with Crippen LogP contribution in [-0.4, -0.2) is 22.3 Å². The molecule has 1 atom stereocenters. The van der Waals surface area contributed by atoms with Crippen LogP contribution in [0.5, 0.6) is 0 Å². The minimum Gasteiger partial charge on any atom is -0.415 e. The van der Waals surface area contributed by atoms with Crippen molar-refractivity contribution in [3.63, 3.8) is 0 Å². The fraction of sp³-hybridized carbons (Fsp3) is 0.167. The second-order valence-corrected chi connectivity index (χ2v) is 7.74. The SMILES string of the molecule is C=S(C)N(Cc1ccc(-c2nnc(C(F)F)o2)cc1F)c1ccc(Cl)cc1. The van der Waals surface area contributed by atoms with Crippen LogP contribution in [0.25, 0.3) is 11.5 Å². The lowest BCUT2D eigenvalue weighted by Gasteiger charge is -2.26. The predicted octanol–water partition coefficient (Wildman–Crippen LogP) is 5.72. The zero-order chi connectivity index (χ0) is 19.6. The first kappa shape index (κ1) is 19.4. The zero-order valence-corrected chi connectivity index (χ0v) is 15.8. The maximum atomic E-state index is 14.6. The first-order valence-corrected chi connectivity index (χ1v) is 9.88. The maximum Gasteiger partial charge on any atom is 0.314 e. The van der Waals surface area contributed by atoms with E-state index in [-0.39, 0.29) is 18.0 Å². The third-order valence-electron chi connectivity index (χ3n) is 3.73. The Labute approximate surface area is 161 Å². The third-order valence-corrected chi connectivity index (χ3v) is 5.08. The number of halogens is 4. The van der Waals surface area contributed by atoms with Crippen LogP contribution in [0.1, 0.15) is 17.9 Å². The normalized spacial score (nSPS) is 12.4. The first-order valence-electron chi connectivity index (χ1n) is 7.74. The van der Waals surface area contributed by atoms with Gasteiger partial charge in [-0.3, -0.25) is 0 Å². The minimum absolute atomic E-state index is 0.155. The van der Waals surface area contributed by atoms with Crippen LogP contribution >= 0.6 is 22.3 Å². The molecule has 1 aromatic heterocycles. The molecule has 0 saturated heterocycles. The number of hydrogen-bond donors (Lipinski definition) is 0. The van der Waals surface area contributed by atoms with E-state index in [9.17, 15) is 13.2 Å². The monoisotopic (exact) mass is 413 g/mol. The molecule has 0 radical (unpaired) electrons. The minimum atomic E-state index is -2.87. The average Bonchev–Trinajstić information content (AvgIpc) is 3.12. The van der Waals surface area contributed by atoms with E-state index in [2.05, 4.69) is 16.1 Å². The summed E-state index contributed by atoms with van der Waals surface area (Å²) in [5.74, 6) is 2.59. The lowest BCUT2D eigenvalue weighted by molar-refractivity contribution is 0.116. The van der Waals surface area contributed by atoms with Gasteiger partial charge in [-0.2, -0.15) is 8.78 Å². The van der Waals surface area contributed by atoms with E-state index in [4.69, 9.17) is 16.0 Å². The summed E-state index contributed by atoms with van der Waals surface area (Å²) in [7, 11) is -0.414. The largest absolute Gasteiger partial charge is 0.415 e. The molecule has 0 amide bonds. The second-order valence-electron chi connectivity index (χ2n) is 5.67. The van der Waals surface area contributed by atoms with Crippen LogP contribution in [0.2, 0.25) is 5.02 Å². The molecular weight excluding hydrogens is 399 g/mol. The highest BCUT2D eigenvalue weighted by atomic mass is 35.5. The average molecular weight is 414 g/mol. The Bertz CT molecular complexity index is 963. The van der Waals surface area contributed by atoms with Crippen LogP contribution < -0.4 is 4.31 Å². The molecule has 1 heterocycles. The Balaban J connectivity index is 1.85. The van der Waals surface area contributed by atoms with Crippen molar-refractivity contribution in [1.82, 2.24) is 10.2 Å². The van der Waals surface area contributed by atoms with Gasteiger partial charge in [0.25, 0.3) is 5.89 Å². The van der Waals surface area contributed by atoms with Crippen LogP contribution in [0.4, 0.5) is 18.9 Å². The molecule has 4 nitrogen and oxygen atoms in total. The highest BCUT2D eigenvalue weighted by Gasteiger charge is 2.18. The van der Waals surface area contributed by atoms with Gasteiger partial charge in [0.05, 0.1) is 6.54 Å². The molecule has 1 unspecified atom stereocenters. The molecule has 2 aromatic carbocycles. The molecule has 3 aromatic rings. The van der Waals surface area contributed by atoms with E-state index >= 15 is 0 Å². The van der Waals surface area contributed by atoms with Crippen LogP contribution in [0.15, 0.2) is 46.9 Å². The van der Waals surface area contributed by atoms with Gasteiger partial charge in [0, 0.05) is 21.8 Å². The van der Waals surface area contributed by atoms with Gasteiger partial charge in [0.15, 0.2) is 0 Å². The van der Waals surface area contributed by atoms with E-state index in [0.29, 0.717) is 10.6 Å². The van der Waals surface area contributed by atoms with Crippen molar-refractivity contribution in [1.29, 1.82) is 0 Å². The number of alkyl halides is 2. The fourth-order valence-electron chi connectivity index (χ4n) is 2.39. The number of anilines is 1. The van der Waals surface area contributed by atoms with Gasteiger partial charge in [0.2, 0.25) is 5.89 Å². The number of benzene rings is 2. The third kappa shape index (κ3) is 4.51. The summed E-state index contributed by atoms with van der Waals surface area (Å²) >= 11 is 5.92. The molecule has 0 saturated carbocycles. The van der Waals surface area contributed by atoms with E-state index in [1.54, 1.807) is 24.3 Å². The van der Waals surface area contributed by atoms with Crippen LogP contribution in [0, 0.1) is 5.82 Å². The molecule has 0 bridgehead atoms. The molecule has 142 valence electrons. The van der Waals surface area contributed by atoms with Crippen molar-refractivity contribution in [3.8, 4) is 11.5 Å². The Morgan fingerprint density at radius 3 is 2.44 bits per heavy atom. The summed E-state index contributed by atoms with van der Waals surface area (Å²) in [6, 6.07) is 11.5. The molecule has 3 rings (SSSR count). The van der Waals surface area contributed by atoms with Crippen LogP contribution in [-0.2, 0) is 6.54 Å². The first-order chi connectivity index (χ1) is 12.8. The van der Waals surface area contributed by atoms with Crippen LogP contribution in [0.3, 0.4) is 0 Å².